The van der Waals surface area contributed by atoms with Gasteiger partial charge in [-0.15, -0.1) is 0 Å². The van der Waals surface area contributed by atoms with Gasteiger partial charge in [0, 0.05) is 41.4 Å². The molecule has 2 heteroatoms. The first-order valence-corrected chi connectivity index (χ1v) is 24.5. The molecule has 0 bridgehead atoms. The lowest BCUT2D eigenvalue weighted by molar-refractivity contribution is 0.103. The number of hydrogen-bond acceptors (Lipinski definition) is 2. The van der Waals surface area contributed by atoms with Crippen LogP contribution in [0.2, 0.25) is 0 Å². The molecule has 2 saturated carbocycles. The Balaban J connectivity index is 0.941. The molecule has 9 atom stereocenters. The van der Waals surface area contributed by atoms with Crippen molar-refractivity contribution >= 4 is 98.3 Å². The van der Waals surface area contributed by atoms with E-state index >= 15 is 0 Å². The fourth-order valence-electron chi connectivity index (χ4n) is 19.0. The molecule has 0 amide bonds. The number of unbranched alkanes of at least 4 members (excludes halogenated alkanes) is 8. The number of benzene rings is 6. The number of aromatic hydroxyl groups is 1. The minimum Gasteiger partial charge on any atom is -0.508 e. The molecule has 0 aromatic heterocycles. The van der Waals surface area contributed by atoms with Crippen LogP contribution in [0.15, 0.2) is 54.1 Å². The van der Waals surface area contributed by atoms with E-state index in [0.29, 0.717) is 47.3 Å². The van der Waals surface area contributed by atoms with Gasteiger partial charge in [-0.3, -0.25) is 0 Å². The molecule has 9 aromatic carbocycles. The van der Waals surface area contributed by atoms with Crippen LogP contribution in [0.3, 0.4) is 0 Å². The molecule has 2 nitrogen and oxygen atoms in total. The van der Waals surface area contributed by atoms with E-state index in [4.69, 9.17) is 0 Å². The number of phenolic OH excluding ortho intramolecular Hbond substituents is 1. The van der Waals surface area contributed by atoms with Crippen molar-refractivity contribution < 1.29 is 5.11 Å². The van der Waals surface area contributed by atoms with Crippen LogP contribution < -0.4 is 15.3 Å². The van der Waals surface area contributed by atoms with Crippen LogP contribution in [-0.2, 0) is 6.42 Å². The normalized spacial score (nSPS) is 31.6. The van der Waals surface area contributed by atoms with Crippen molar-refractivity contribution in [2.75, 3.05) is 11.4 Å². The molecule has 6 unspecified atom stereocenters. The summed E-state index contributed by atoms with van der Waals surface area (Å²) in [6.45, 7) is 3.51. The Labute approximate surface area is 349 Å². The third-order valence-electron chi connectivity index (χ3n) is 20.2. The van der Waals surface area contributed by atoms with Crippen LogP contribution in [0.4, 0.5) is 5.69 Å². The van der Waals surface area contributed by atoms with E-state index in [1.165, 1.54) is 112 Å². The van der Waals surface area contributed by atoms with Gasteiger partial charge in [-0.05, 0) is 217 Å². The maximum Gasteiger partial charge on any atom is 0.115 e. The predicted octanol–water partition coefficient (Wildman–Crippen LogP) is 12.8. The van der Waals surface area contributed by atoms with E-state index in [1.807, 2.05) is 28.9 Å². The van der Waals surface area contributed by atoms with E-state index in [1.54, 1.807) is 91.9 Å². The second-order valence-electron chi connectivity index (χ2n) is 22.2. The van der Waals surface area contributed by atoms with E-state index < -0.39 is 0 Å². The van der Waals surface area contributed by atoms with Crippen LogP contribution >= 0.6 is 0 Å². The van der Waals surface area contributed by atoms with Crippen molar-refractivity contribution in [3.63, 3.8) is 0 Å². The molecule has 9 aliphatic rings. The Hall–Kier alpha value is -4.82. The summed E-state index contributed by atoms with van der Waals surface area (Å²) < 4.78 is 0. The zero-order valence-electron chi connectivity index (χ0n) is 34.6. The first kappa shape index (κ1) is 31.1. The van der Waals surface area contributed by atoms with E-state index in [-0.39, 0.29) is 5.41 Å². The van der Waals surface area contributed by atoms with E-state index in [2.05, 4.69) is 54.3 Å². The van der Waals surface area contributed by atoms with Crippen LogP contribution in [0.5, 0.6) is 5.75 Å². The highest BCUT2D eigenvalue weighted by molar-refractivity contribution is 6.54. The Morgan fingerprint density at radius 1 is 0.683 bits per heavy atom. The largest absolute Gasteiger partial charge is 0.508 e. The monoisotopic (exact) mass is 775 g/mol. The highest BCUT2D eigenvalue weighted by Crippen LogP contribution is 2.79. The molecule has 1 heterocycles. The number of allylic oxidation sites excluding steroid dienone is 1. The van der Waals surface area contributed by atoms with Gasteiger partial charge in [0.05, 0.1) is 0 Å². The van der Waals surface area contributed by atoms with Gasteiger partial charge >= 0.3 is 0 Å². The molecule has 18 rings (SSSR count). The summed E-state index contributed by atoms with van der Waals surface area (Å²) in [4.78, 5) is 2.96. The number of phenols is 1. The average molecular weight is 776 g/mol. The van der Waals surface area contributed by atoms with Gasteiger partial charge in [-0.2, -0.15) is 0 Å². The standard InChI is InChI=1S/C58H49NO/c1-2-3-4-5-6-7-8-9-10-11-36-58-23-31-21-29-19-26-16-25-17-28-18-27-20-30-22-34(35(58)24-59(36)32-12-14-33(60)15-13-32)44-49-40(30)39(27)46-41(28)45-37(25)38(26)47-42(29)48-43(31)57(58)56(44)55-53(48)51(47)50(45)52(46)54(49)55/h12-19,21,30-31,34-36,40,43-44,60H,2-11,20,22-24H2,1H3/t30-,31+,34-,35?,36?,40?,43?,44?,58?/m1/s1. The SMILES string of the molecule is CCCCCCCCCCCC1N(c2ccc(O)cc2)CC2[C@H]3C[C@H]4Cc5cc6cc7cc8cc9c%10c%11c%12c%13c%14c%15c(c5C4C=%14C3C%13=C3C%11[C@@H](C=9)CC321)c6c1c7c8c%10c%12c%151. The maximum absolute atomic E-state index is 10.6. The summed E-state index contributed by atoms with van der Waals surface area (Å²) in [7, 11) is 0. The molecule has 3 fully saturated rings. The lowest BCUT2D eigenvalue weighted by atomic mass is 9.49. The molecular weight excluding hydrogens is 727 g/mol. The quantitative estimate of drug-likeness (QED) is 0.104. The molecule has 1 N–H and O–H groups in total. The molecule has 60 heavy (non-hydrogen) atoms. The first-order chi connectivity index (χ1) is 29.7. The molecule has 8 aliphatic carbocycles. The molecule has 292 valence electrons. The van der Waals surface area contributed by atoms with Crippen LogP contribution in [0.25, 0.3) is 92.6 Å². The summed E-state index contributed by atoms with van der Waals surface area (Å²) in [5.74, 6) is 4.77. The van der Waals surface area contributed by atoms with Crippen molar-refractivity contribution in [2.45, 2.75) is 108 Å². The Morgan fingerprint density at radius 2 is 1.40 bits per heavy atom. The van der Waals surface area contributed by atoms with Gasteiger partial charge in [0.25, 0.3) is 0 Å². The lowest BCUT2D eigenvalue weighted by Crippen LogP contribution is -2.49. The lowest BCUT2D eigenvalue weighted by Gasteiger charge is -2.54. The zero-order chi connectivity index (χ0) is 38.4. The third-order valence-corrected chi connectivity index (χ3v) is 20.2. The number of nitrogens with zero attached hydrogens (tertiary/aromatic N) is 1. The predicted molar refractivity (Wildman–Crippen MR) is 248 cm³/mol. The van der Waals surface area contributed by atoms with Gasteiger partial charge in [0.15, 0.2) is 0 Å². The fourth-order valence-corrected chi connectivity index (χ4v) is 19.0. The van der Waals surface area contributed by atoms with Crippen molar-refractivity contribution in [1.29, 1.82) is 0 Å². The highest BCUT2D eigenvalue weighted by Gasteiger charge is 2.72. The number of rotatable bonds is 11. The average Bonchev–Trinajstić information content (AvgIpc) is 4.11. The van der Waals surface area contributed by atoms with Gasteiger partial charge in [-0.25, -0.2) is 0 Å². The Morgan fingerprint density at radius 3 is 2.23 bits per heavy atom. The van der Waals surface area contributed by atoms with E-state index in [0.717, 1.165) is 5.92 Å². The number of fused-ring (bicyclic) bond motifs is 1. The highest BCUT2D eigenvalue weighted by atomic mass is 16.3. The van der Waals surface area contributed by atoms with Crippen molar-refractivity contribution in [3.05, 3.63) is 86.8 Å². The second kappa shape index (κ2) is 9.62. The van der Waals surface area contributed by atoms with E-state index in [9.17, 15) is 5.11 Å². The first-order valence-electron chi connectivity index (χ1n) is 24.5. The number of hydrogen-bond donors (Lipinski definition) is 1. The van der Waals surface area contributed by atoms with Crippen LogP contribution in [-0.4, -0.2) is 17.7 Å². The molecule has 1 aliphatic heterocycles. The Kier molecular flexibility index (Phi) is 4.99. The Bertz CT molecular complexity index is 3640. The van der Waals surface area contributed by atoms with Gasteiger partial charge in [-0.1, -0.05) is 76.9 Å². The summed E-state index contributed by atoms with van der Waals surface area (Å²) >= 11 is 0. The van der Waals surface area contributed by atoms with Crippen molar-refractivity contribution in [2.24, 2.45) is 35.0 Å². The molecule has 1 saturated heterocycles. The smallest absolute Gasteiger partial charge is 0.115 e. The topological polar surface area (TPSA) is 23.5 Å². The van der Waals surface area contributed by atoms with Crippen LogP contribution in [0.1, 0.15) is 118 Å². The zero-order valence-corrected chi connectivity index (χ0v) is 34.6. The number of anilines is 1. The van der Waals surface area contributed by atoms with Gasteiger partial charge in [0.2, 0.25) is 0 Å². The fraction of sp³-hybridized carbons (Fsp3) is 0.414. The summed E-state index contributed by atoms with van der Waals surface area (Å²) in [5.41, 5.74) is 14.4. The van der Waals surface area contributed by atoms with Gasteiger partial charge < -0.3 is 10.0 Å². The molecule has 0 radical (unpaired) electrons. The second-order valence-corrected chi connectivity index (χ2v) is 22.2. The summed E-state index contributed by atoms with van der Waals surface area (Å²) in [6, 6.07) is 19.6. The molecule has 1 spiro atoms. The minimum atomic E-state index is 0.180. The van der Waals surface area contributed by atoms with Crippen molar-refractivity contribution in [3.8, 4) is 5.75 Å². The summed E-state index contributed by atoms with van der Waals surface area (Å²) in [5, 5.41) is 36.8. The van der Waals surface area contributed by atoms with Crippen molar-refractivity contribution in [1.82, 2.24) is 0 Å². The third kappa shape index (κ3) is 2.91. The minimum absolute atomic E-state index is 0.180. The van der Waals surface area contributed by atoms with Crippen LogP contribution in [0, 0.1) is 35.0 Å². The summed E-state index contributed by atoms with van der Waals surface area (Å²) in [6.07, 6.45) is 20.6. The molecule has 9 aromatic rings. The maximum atomic E-state index is 10.6. The molecular formula is C58H49NO. The van der Waals surface area contributed by atoms with Gasteiger partial charge in [0.1, 0.15) is 5.75 Å².